The standard InChI is InChI=1S/C30H35ClN2O3S/c1-2-29(25-9-4-3-5-10-25)33(37(35,36)28-18-16-27(31)17-19-28)23-24-12-14-26(15-13-24)30(34)11-8-22-32-20-6-7-21-32/h3-5,9-10,12-19,29H,2,6-8,11,20-23H2,1H3. The molecule has 1 heterocycles. The van der Waals surface area contributed by atoms with Crippen LogP contribution in [-0.2, 0) is 16.6 Å². The van der Waals surface area contributed by atoms with Crippen LogP contribution >= 0.6 is 11.6 Å². The van der Waals surface area contributed by atoms with E-state index in [1.807, 2.05) is 61.5 Å². The average molecular weight is 539 g/mol. The van der Waals surface area contributed by atoms with E-state index >= 15 is 0 Å². The van der Waals surface area contributed by atoms with Gasteiger partial charge in [-0.3, -0.25) is 4.79 Å². The zero-order chi connectivity index (χ0) is 26.3. The van der Waals surface area contributed by atoms with Crippen molar-refractivity contribution in [2.75, 3.05) is 19.6 Å². The number of hydrogen-bond donors (Lipinski definition) is 0. The third-order valence-corrected chi connectivity index (χ3v) is 9.15. The lowest BCUT2D eigenvalue weighted by Gasteiger charge is -2.31. The van der Waals surface area contributed by atoms with Gasteiger partial charge in [-0.1, -0.05) is 73.1 Å². The highest BCUT2D eigenvalue weighted by Crippen LogP contribution is 2.32. The molecule has 37 heavy (non-hydrogen) atoms. The molecule has 0 amide bonds. The van der Waals surface area contributed by atoms with Gasteiger partial charge in [-0.2, -0.15) is 4.31 Å². The zero-order valence-electron chi connectivity index (χ0n) is 21.4. The first-order valence-electron chi connectivity index (χ1n) is 13.1. The van der Waals surface area contributed by atoms with Gasteiger partial charge in [-0.25, -0.2) is 8.42 Å². The summed E-state index contributed by atoms with van der Waals surface area (Å²) in [7, 11) is -3.82. The first-order valence-corrected chi connectivity index (χ1v) is 14.9. The molecule has 1 atom stereocenters. The highest BCUT2D eigenvalue weighted by Gasteiger charge is 2.32. The Hall–Kier alpha value is -2.51. The molecule has 196 valence electrons. The SMILES string of the molecule is CCC(c1ccccc1)N(Cc1ccc(C(=O)CCCN2CCCC2)cc1)S(=O)(=O)c1ccc(Cl)cc1. The van der Waals surface area contributed by atoms with Gasteiger partial charge in [0.2, 0.25) is 10.0 Å². The molecule has 3 aromatic rings. The predicted molar refractivity (Wildman–Crippen MR) is 149 cm³/mol. The molecule has 1 unspecified atom stereocenters. The number of nitrogens with zero attached hydrogens (tertiary/aromatic N) is 2. The molecule has 0 N–H and O–H groups in total. The van der Waals surface area contributed by atoms with E-state index in [0.29, 0.717) is 23.4 Å². The molecule has 5 nitrogen and oxygen atoms in total. The Morgan fingerprint density at radius 3 is 2.22 bits per heavy atom. The maximum atomic E-state index is 13.8. The van der Waals surface area contributed by atoms with Crippen molar-refractivity contribution in [3.05, 3.63) is 101 Å². The van der Waals surface area contributed by atoms with Crippen molar-refractivity contribution in [3.63, 3.8) is 0 Å². The molecule has 4 rings (SSSR count). The topological polar surface area (TPSA) is 57.7 Å². The van der Waals surface area contributed by atoms with E-state index < -0.39 is 10.0 Å². The van der Waals surface area contributed by atoms with Crippen molar-refractivity contribution < 1.29 is 13.2 Å². The monoisotopic (exact) mass is 538 g/mol. The number of likely N-dealkylation sites (tertiary alicyclic amines) is 1. The van der Waals surface area contributed by atoms with Crippen molar-refractivity contribution in [3.8, 4) is 0 Å². The third-order valence-electron chi connectivity index (χ3n) is 7.03. The lowest BCUT2D eigenvalue weighted by Crippen LogP contribution is -2.34. The number of Topliss-reactive ketones (excluding diaryl/α,β-unsaturated/α-hetero) is 1. The lowest BCUT2D eigenvalue weighted by molar-refractivity contribution is 0.0976. The highest BCUT2D eigenvalue weighted by molar-refractivity contribution is 7.89. The minimum atomic E-state index is -3.82. The second kappa shape index (κ2) is 12.8. The van der Waals surface area contributed by atoms with Crippen molar-refractivity contribution in [1.29, 1.82) is 0 Å². The van der Waals surface area contributed by atoms with Crippen LogP contribution in [-0.4, -0.2) is 43.0 Å². The molecular formula is C30H35ClN2O3S. The van der Waals surface area contributed by atoms with Crippen molar-refractivity contribution in [2.45, 2.75) is 56.5 Å². The number of carbonyl (C=O) groups is 1. The summed E-state index contributed by atoms with van der Waals surface area (Å²) < 4.78 is 29.3. The van der Waals surface area contributed by atoms with Gasteiger partial charge in [0.25, 0.3) is 0 Å². The van der Waals surface area contributed by atoms with Crippen LogP contribution in [0.25, 0.3) is 0 Å². The summed E-state index contributed by atoms with van der Waals surface area (Å²) in [6, 6.07) is 23.0. The quantitative estimate of drug-likeness (QED) is 0.240. The summed E-state index contributed by atoms with van der Waals surface area (Å²) in [5.41, 5.74) is 2.44. The largest absolute Gasteiger partial charge is 0.303 e. The summed E-state index contributed by atoms with van der Waals surface area (Å²) in [5, 5.41) is 0.487. The maximum Gasteiger partial charge on any atom is 0.243 e. The van der Waals surface area contributed by atoms with E-state index in [1.54, 1.807) is 28.6 Å². The number of sulfonamides is 1. The van der Waals surface area contributed by atoms with Crippen LogP contribution in [0.3, 0.4) is 0 Å². The van der Waals surface area contributed by atoms with Crippen molar-refractivity contribution >= 4 is 27.4 Å². The predicted octanol–water partition coefficient (Wildman–Crippen LogP) is 6.74. The Balaban J connectivity index is 1.53. The number of carbonyl (C=O) groups excluding carboxylic acids is 1. The lowest BCUT2D eigenvalue weighted by atomic mass is 10.0. The fraction of sp³-hybridized carbons (Fsp3) is 0.367. The van der Waals surface area contributed by atoms with E-state index in [2.05, 4.69) is 4.90 Å². The fourth-order valence-corrected chi connectivity index (χ4v) is 6.78. The molecule has 1 saturated heterocycles. The van der Waals surface area contributed by atoms with Gasteiger partial charge in [0.05, 0.1) is 10.9 Å². The highest BCUT2D eigenvalue weighted by atomic mass is 35.5. The van der Waals surface area contributed by atoms with E-state index in [4.69, 9.17) is 11.6 Å². The van der Waals surface area contributed by atoms with Crippen LogP contribution in [0, 0.1) is 0 Å². The van der Waals surface area contributed by atoms with Gasteiger partial charge >= 0.3 is 0 Å². The Morgan fingerprint density at radius 1 is 0.946 bits per heavy atom. The molecule has 0 bridgehead atoms. The molecule has 0 spiro atoms. The second-order valence-corrected chi connectivity index (χ2v) is 11.9. The Bertz CT molecular complexity index is 1260. The van der Waals surface area contributed by atoms with Crippen LogP contribution in [0.15, 0.2) is 83.8 Å². The minimum Gasteiger partial charge on any atom is -0.303 e. The second-order valence-electron chi connectivity index (χ2n) is 9.61. The Kier molecular flexibility index (Phi) is 9.54. The van der Waals surface area contributed by atoms with Gasteiger partial charge < -0.3 is 4.90 Å². The van der Waals surface area contributed by atoms with E-state index in [0.717, 1.165) is 37.2 Å². The Morgan fingerprint density at radius 2 is 1.59 bits per heavy atom. The van der Waals surface area contributed by atoms with Crippen LogP contribution in [0.1, 0.15) is 66.6 Å². The molecule has 3 aromatic carbocycles. The van der Waals surface area contributed by atoms with E-state index in [-0.39, 0.29) is 23.3 Å². The van der Waals surface area contributed by atoms with E-state index in [9.17, 15) is 13.2 Å². The summed E-state index contributed by atoms with van der Waals surface area (Å²) in [6.45, 7) is 5.44. The summed E-state index contributed by atoms with van der Waals surface area (Å²) in [4.78, 5) is 15.4. The first-order chi connectivity index (χ1) is 17.9. The normalized spacial score (nSPS) is 15.2. The third kappa shape index (κ3) is 7.08. The van der Waals surface area contributed by atoms with Crippen LogP contribution in [0.5, 0.6) is 0 Å². The molecule has 1 aliphatic heterocycles. The van der Waals surface area contributed by atoms with Crippen molar-refractivity contribution in [1.82, 2.24) is 9.21 Å². The summed E-state index contributed by atoms with van der Waals surface area (Å²) in [6.07, 6.45) is 4.51. The first kappa shape index (κ1) is 27.5. The summed E-state index contributed by atoms with van der Waals surface area (Å²) in [5.74, 6) is 0.132. The molecule has 1 fully saturated rings. The average Bonchev–Trinajstić information content (AvgIpc) is 3.43. The molecule has 0 radical (unpaired) electrons. The molecule has 7 heteroatoms. The molecule has 0 aliphatic carbocycles. The van der Waals surface area contributed by atoms with Gasteiger partial charge in [0.15, 0.2) is 5.78 Å². The minimum absolute atomic E-state index is 0.132. The van der Waals surface area contributed by atoms with Gasteiger partial charge in [0, 0.05) is 23.6 Å². The zero-order valence-corrected chi connectivity index (χ0v) is 22.9. The van der Waals surface area contributed by atoms with E-state index in [1.165, 1.54) is 12.8 Å². The number of ketones is 1. The van der Waals surface area contributed by atoms with Gasteiger partial charge in [0.1, 0.15) is 0 Å². The summed E-state index contributed by atoms with van der Waals surface area (Å²) >= 11 is 6.02. The number of benzene rings is 3. The van der Waals surface area contributed by atoms with Gasteiger partial charge in [-0.15, -0.1) is 0 Å². The number of hydrogen-bond acceptors (Lipinski definition) is 4. The molecular weight excluding hydrogens is 504 g/mol. The molecule has 0 saturated carbocycles. The number of rotatable bonds is 12. The van der Waals surface area contributed by atoms with Crippen LogP contribution < -0.4 is 0 Å². The molecule has 1 aliphatic rings. The molecule has 0 aromatic heterocycles. The van der Waals surface area contributed by atoms with Gasteiger partial charge in [-0.05, 0) is 80.7 Å². The van der Waals surface area contributed by atoms with Crippen molar-refractivity contribution in [2.24, 2.45) is 0 Å². The Labute approximate surface area is 226 Å². The van der Waals surface area contributed by atoms with Crippen LogP contribution in [0.4, 0.5) is 0 Å². The number of halogens is 1. The maximum absolute atomic E-state index is 13.8. The smallest absolute Gasteiger partial charge is 0.243 e. The van der Waals surface area contributed by atoms with Crippen LogP contribution in [0.2, 0.25) is 5.02 Å². The fourth-order valence-electron chi connectivity index (χ4n) is 4.98.